The second-order valence-electron chi connectivity index (χ2n) is 12.5. The number of hydrogen-bond acceptors (Lipinski definition) is 6. The SMILES string of the molecule is Cc1cc(Br)cc2c(C(=O)OC(CCCl)C(=O)c3ccc(Cl)cc3)cc(-c3ccc(N4C(=O)C5C6CC(C(Br)C6Br)C5C4=O)cc3)nc12. The highest BCUT2D eigenvalue weighted by atomic mass is 79.9. The predicted octanol–water partition coefficient (Wildman–Crippen LogP) is 8.95. The summed E-state index contributed by atoms with van der Waals surface area (Å²) in [5.41, 5.74) is 3.66. The molecular formula is C36H27Br3Cl2N2O5. The molecule has 7 rings (SSSR count). The fourth-order valence-corrected chi connectivity index (χ4v) is 10.3. The van der Waals surface area contributed by atoms with E-state index in [0.717, 1.165) is 16.5 Å². The molecular weight excluding hydrogens is 851 g/mol. The number of hydrogen-bond donors (Lipinski definition) is 0. The quantitative estimate of drug-likeness (QED) is 0.0760. The van der Waals surface area contributed by atoms with Gasteiger partial charge in [0, 0.05) is 48.0 Å². The van der Waals surface area contributed by atoms with Gasteiger partial charge in [-0.3, -0.25) is 19.3 Å². The van der Waals surface area contributed by atoms with Crippen molar-refractivity contribution in [1.82, 2.24) is 4.98 Å². The fourth-order valence-electron chi connectivity index (χ4n) is 7.49. The average Bonchev–Trinajstić information content (AvgIpc) is 3.68. The molecule has 2 aliphatic carbocycles. The molecule has 0 spiro atoms. The Bertz CT molecular complexity index is 1960. The number of ketones is 1. The van der Waals surface area contributed by atoms with Gasteiger partial charge in [-0.2, -0.15) is 0 Å². The van der Waals surface area contributed by atoms with Gasteiger partial charge in [0.15, 0.2) is 6.10 Å². The van der Waals surface area contributed by atoms with Crippen molar-refractivity contribution in [2.75, 3.05) is 10.8 Å². The van der Waals surface area contributed by atoms with E-state index < -0.39 is 12.1 Å². The minimum atomic E-state index is -1.11. The van der Waals surface area contributed by atoms with Crippen LogP contribution in [0.25, 0.3) is 22.2 Å². The summed E-state index contributed by atoms with van der Waals surface area (Å²) < 4.78 is 6.60. The van der Waals surface area contributed by atoms with E-state index in [-0.39, 0.29) is 68.8 Å². The molecule has 246 valence electrons. The third kappa shape index (κ3) is 5.75. The Hall–Kier alpha value is -2.63. The number of Topliss-reactive ketones (excluding diaryl/α,β-unsaturated/α-hetero) is 1. The first kappa shape index (κ1) is 33.8. The average molecular weight is 878 g/mol. The lowest BCUT2D eigenvalue weighted by molar-refractivity contribution is -0.123. The van der Waals surface area contributed by atoms with Gasteiger partial charge in [-0.25, -0.2) is 9.78 Å². The van der Waals surface area contributed by atoms with Crippen molar-refractivity contribution in [3.63, 3.8) is 0 Å². The minimum Gasteiger partial charge on any atom is -0.450 e. The molecule has 0 radical (unpaired) electrons. The molecule has 1 aromatic heterocycles. The summed E-state index contributed by atoms with van der Waals surface area (Å²) in [6.07, 6.45) is -0.124. The summed E-state index contributed by atoms with van der Waals surface area (Å²) >= 11 is 23.0. The van der Waals surface area contributed by atoms with E-state index in [2.05, 4.69) is 47.8 Å². The number of benzene rings is 3. The first-order valence-electron chi connectivity index (χ1n) is 15.4. The van der Waals surface area contributed by atoms with Gasteiger partial charge in [-0.05, 0) is 85.3 Å². The molecule has 1 aliphatic heterocycles. The number of nitrogens with zero attached hydrogens (tertiary/aromatic N) is 2. The lowest BCUT2D eigenvalue weighted by Crippen LogP contribution is -2.37. The number of anilines is 1. The summed E-state index contributed by atoms with van der Waals surface area (Å²) in [6.45, 7) is 1.89. The zero-order chi connectivity index (χ0) is 34.0. The van der Waals surface area contributed by atoms with Crippen molar-refractivity contribution < 1.29 is 23.9 Å². The maximum absolute atomic E-state index is 13.9. The van der Waals surface area contributed by atoms with Gasteiger partial charge in [0.25, 0.3) is 0 Å². The second-order valence-corrected chi connectivity index (χ2v) is 16.3. The summed E-state index contributed by atoms with van der Waals surface area (Å²) in [5.74, 6) is -1.64. The molecule has 7 unspecified atom stereocenters. The Morgan fingerprint density at radius 1 is 0.958 bits per heavy atom. The largest absolute Gasteiger partial charge is 0.450 e. The van der Waals surface area contributed by atoms with E-state index >= 15 is 0 Å². The third-order valence-corrected chi connectivity index (χ3v) is 13.9. The van der Waals surface area contributed by atoms with Crippen molar-refractivity contribution in [3.8, 4) is 11.3 Å². The normalized spacial score (nSPS) is 25.1. The van der Waals surface area contributed by atoms with Crippen LogP contribution in [0.3, 0.4) is 0 Å². The summed E-state index contributed by atoms with van der Waals surface area (Å²) in [5, 5.41) is 1.04. The number of ether oxygens (including phenoxy) is 1. The highest BCUT2D eigenvalue weighted by molar-refractivity contribution is 9.12. The van der Waals surface area contributed by atoms with E-state index in [4.69, 9.17) is 32.9 Å². The Kier molecular flexibility index (Phi) is 9.34. The number of alkyl halides is 3. The topological polar surface area (TPSA) is 93.6 Å². The zero-order valence-electron chi connectivity index (χ0n) is 25.3. The van der Waals surface area contributed by atoms with Gasteiger partial charge in [-0.15, -0.1) is 11.6 Å². The van der Waals surface area contributed by atoms with Gasteiger partial charge in [0.2, 0.25) is 17.6 Å². The monoisotopic (exact) mass is 874 g/mol. The van der Waals surface area contributed by atoms with Crippen molar-refractivity contribution in [2.45, 2.75) is 35.5 Å². The maximum atomic E-state index is 13.9. The number of fused-ring (bicyclic) bond motifs is 6. The maximum Gasteiger partial charge on any atom is 0.339 e. The Morgan fingerprint density at radius 3 is 2.19 bits per heavy atom. The molecule has 2 saturated carbocycles. The summed E-state index contributed by atoms with van der Waals surface area (Å²) in [7, 11) is 0. The number of esters is 1. The van der Waals surface area contributed by atoms with Crippen LogP contribution in [0.4, 0.5) is 5.69 Å². The predicted molar refractivity (Wildman–Crippen MR) is 196 cm³/mol. The molecule has 2 heterocycles. The summed E-state index contributed by atoms with van der Waals surface area (Å²) in [6, 6.07) is 18.8. The fraction of sp³-hybridized carbons (Fsp3) is 0.306. The number of halogens is 5. The molecule has 3 fully saturated rings. The number of carbonyl (C=O) groups excluding carboxylic acids is 4. The van der Waals surface area contributed by atoms with Crippen LogP contribution >= 0.6 is 71.0 Å². The number of amides is 2. The van der Waals surface area contributed by atoms with Crippen molar-refractivity contribution in [1.29, 1.82) is 0 Å². The molecule has 12 heteroatoms. The van der Waals surface area contributed by atoms with E-state index in [0.29, 0.717) is 38.4 Å². The van der Waals surface area contributed by atoms with Crippen LogP contribution in [0.5, 0.6) is 0 Å². The van der Waals surface area contributed by atoms with Gasteiger partial charge < -0.3 is 4.74 Å². The number of aromatic nitrogens is 1. The molecule has 0 N–H and O–H groups in total. The highest BCUT2D eigenvalue weighted by Gasteiger charge is 2.66. The lowest BCUT2D eigenvalue weighted by Gasteiger charge is -2.28. The molecule has 4 aromatic rings. The van der Waals surface area contributed by atoms with Crippen LogP contribution in [0.15, 0.2) is 71.2 Å². The van der Waals surface area contributed by atoms with Crippen LogP contribution in [-0.4, -0.2) is 50.2 Å². The Labute approximate surface area is 312 Å². The van der Waals surface area contributed by atoms with Gasteiger partial charge in [-0.1, -0.05) is 71.5 Å². The Balaban J connectivity index is 1.21. The standard InChI is InChI=1S/C36H27Br3Cl2N2O5/c1-16-12-19(37)13-22-23(36(47)48-27(10-11-40)33(44)18-2-6-20(41)7-3-18)15-26(42-32(16)22)17-4-8-21(9-5-17)43-34(45)28-24-14-25(29(28)35(43)46)31(39)30(24)38/h2-9,12-13,15,24-25,27-31H,10-11,14H2,1H3. The van der Waals surface area contributed by atoms with E-state index in [1.54, 1.807) is 60.7 Å². The number of rotatable bonds is 8. The summed E-state index contributed by atoms with van der Waals surface area (Å²) in [4.78, 5) is 60.9. The van der Waals surface area contributed by atoms with Crippen molar-refractivity contribution >= 4 is 111 Å². The first-order valence-corrected chi connectivity index (χ1v) is 19.0. The van der Waals surface area contributed by atoms with Crippen LogP contribution < -0.4 is 4.90 Å². The smallest absolute Gasteiger partial charge is 0.339 e. The molecule has 2 amide bonds. The molecule has 48 heavy (non-hydrogen) atoms. The van der Waals surface area contributed by atoms with E-state index in [1.807, 2.05) is 13.0 Å². The molecule has 7 atom stereocenters. The minimum absolute atomic E-state index is 0.106. The molecule has 3 aromatic carbocycles. The number of aryl methyl sites for hydroxylation is 1. The van der Waals surface area contributed by atoms with Crippen molar-refractivity contribution in [3.05, 3.63) is 92.9 Å². The molecule has 1 saturated heterocycles. The first-order chi connectivity index (χ1) is 23.0. The van der Waals surface area contributed by atoms with Crippen LogP contribution in [0.2, 0.25) is 5.02 Å². The Morgan fingerprint density at radius 2 is 1.58 bits per heavy atom. The highest BCUT2D eigenvalue weighted by Crippen LogP contribution is 2.60. The second kappa shape index (κ2) is 13.2. The third-order valence-electron chi connectivity index (χ3n) is 9.74. The van der Waals surface area contributed by atoms with E-state index in [9.17, 15) is 19.2 Å². The lowest BCUT2D eigenvalue weighted by atomic mass is 9.81. The zero-order valence-corrected chi connectivity index (χ0v) is 31.6. The van der Waals surface area contributed by atoms with Crippen LogP contribution in [0.1, 0.15) is 39.1 Å². The number of carbonyl (C=O) groups is 4. The van der Waals surface area contributed by atoms with Gasteiger partial charge >= 0.3 is 5.97 Å². The molecule has 7 nitrogen and oxygen atoms in total. The molecule has 3 aliphatic rings. The van der Waals surface area contributed by atoms with Crippen molar-refractivity contribution in [2.24, 2.45) is 23.7 Å². The van der Waals surface area contributed by atoms with Crippen LogP contribution in [-0.2, 0) is 14.3 Å². The molecule has 2 bridgehead atoms. The van der Waals surface area contributed by atoms with E-state index in [1.165, 1.54) is 4.90 Å². The van der Waals surface area contributed by atoms with Gasteiger partial charge in [0.05, 0.1) is 34.3 Å². The number of imide groups is 1. The van der Waals surface area contributed by atoms with Crippen LogP contribution in [0, 0.1) is 30.6 Å². The van der Waals surface area contributed by atoms with Gasteiger partial charge in [0.1, 0.15) is 0 Å². The number of pyridine rings is 1.